The first-order valence-electron chi connectivity index (χ1n) is 4.98. The van der Waals surface area contributed by atoms with Crippen LogP contribution in [0, 0.1) is 0 Å². The molecule has 0 amide bonds. The summed E-state index contributed by atoms with van der Waals surface area (Å²) >= 11 is 5.71. The summed E-state index contributed by atoms with van der Waals surface area (Å²) < 4.78 is 6.78. The number of imidazole rings is 1. The van der Waals surface area contributed by atoms with Gasteiger partial charge in [0, 0.05) is 19.2 Å². The van der Waals surface area contributed by atoms with Crippen LogP contribution in [0.25, 0.3) is 0 Å². The molecule has 0 atom stereocenters. The van der Waals surface area contributed by atoms with E-state index in [9.17, 15) is 4.79 Å². The summed E-state index contributed by atoms with van der Waals surface area (Å²) in [6.07, 6.45) is 4.65. The second-order valence-electron chi connectivity index (χ2n) is 3.12. The predicted molar refractivity (Wildman–Crippen MR) is 64.9 cm³/mol. The third-order valence-electron chi connectivity index (χ3n) is 2.02. The Balaban J connectivity index is 0.00000225. The quantitative estimate of drug-likeness (QED) is 0.587. The van der Waals surface area contributed by atoms with Crippen molar-refractivity contribution in [2.45, 2.75) is 32.2 Å². The van der Waals surface area contributed by atoms with Gasteiger partial charge in [0.25, 0.3) is 0 Å². The molecule has 0 bridgehead atoms. The molecule has 0 aliphatic carbocycles. The van der Waals surface area contributed by atoms with Crippen molar-refractivity contribution in [3.63, 3.8) is 0 Å². The number of carbonyl (C=O) groups is 1. The van der Waals surface area contributed by atoms with Crippen LogP contribution in [0.1, 0.15) is 25.5 Å². The van der Waals surface area contributed by atoms with E-state index in [1.54, 1.807) is 19.4 Å². The summed E-state index contributed by atoms with van der Waals surface area (Å²) in [6, 6.07) is 0. The van der Waals surface area contributed by atoms with E-state index in [1.807, 2.05) is 4.57 Å². The molecule has 0 N–H and O–H groups in total. The van der Waals surface area contributed by atoms with Crippen LogP contribution in [0.3, 0.4) is 0 Å². The number of aryl methyl sites for hydroxylation is 1. The highest BCUT2D eigenvalue weighted by Crippen LogP contribution is 2.05. The van der Waals surface area contributed by atoms with Gasteiger partial charge < -0.3 is 9.30 Å². The molecule has 1 aromatic rings. The van der Waals surface area contributed by atoms with Crippen molar-refractivity contribution in [2.75, 3.05) is 6.61 Å². The SMILES string of the molecule is CCOC(=O)CCCn1cncc1CCl.Cl. The lowest BCUT2D eigenvalue weighted by Crippen LogP contribution is -2.07. The van der Waals surface area contributed by atoms with E-state index in [0.717, 1.165) is 18.7 Å². The zero-order valence-electron chi connectivity index (χ0n) is 9.19. The van der Waals surface area contributed by atoms with Crippen LogP contribution >= 0.6 is 24.0 Å². The van der Waals surface area contributed by atoms with E-state index in [4.69, 9.17) is 16.3 Å². The van der Waals surface area contributed by atoms with E-state index >= 15 is 0 Å². The Hall–Kier alpha value is -0.740. The molecule has 0 saturated heterocycles. The highest BCUT2D eigenvalue weighted by Gasteiger charge is 2.03. The molecule has 0 saturated carbocycles. The molecule has 1 aromatic heterocycles. The van der Waals surface area contributed by atoms with E-state index in [1.165, 1.54) is 0 Å². The van der Waals surface area contributed by atoms with Gasteiger partial charge in [-0.25, -0.2) is 4.98 Å². The molecule has 92 valence electrons. The predicted octanol–water partition coefficient (Wildman–Crippen LogP) is 2.39. The second kappa shape index (κ2) is 8.42. The molecular formula is C10H16Cl2N2O2. The molecule has 1 rings (SSSR count). The van der Waals surface area contributed by atoms with Crippen molar-refractivity contribution in [1.82, 2.24) is 9.55 Å². The summed E-state index contributed by atoms with van der Waals surface area (Å²) in [4.78, 5) is 15.0. The Morgan fingerprint density at radius 3 is 3.00 bits per heavy atom. The van der Waals surface area contributed by atoms with E-state index < -0.39 is 0 Å². The van der Waals surface area contributed by atoms with Gasteiger partial charge in [0.1, 0.15) is 0 Å². The Morgan fingerprint density at radius 1 is 1.62 bits per heavy atom. The summed E-state index contributed by atoms with van der Waals surface area (Å²) in [5.74, 6) is 0.296. The normalized spacial score (nSPS) is 9.62. The van der Waals surface area contributed by atoms with Crippen molar-refractivity contribution in [2.24, 2.45) is 0 Å². The number of carbonyl (C=O) groups excluding carboxylic acids is 1. The first kappa shape index (κ1) is 15.3. The van der Waals surface area contributed by atoms with Gasteiger partial charge in [-0.2, -0.15) is 0 Å². The third kappa shape index (κ3) is 4.86. The molecule has 0 aliphatic heterocycles. The first-order valence-corrected chi connectivity index (χ1v) is 5.52. The lowest BCUT2D eigenvalue weighted by Gasteiger charge is -2.05. The molecule has 0 spiro atoms. The molecule has 16 heavy (non-hydrogen) atoms. The lowest BCUT2D eigenvalue weighted by molar-refractivity contribution is -0.143. The third-order valence-corrected chi connectivity index (χ3v) is 2.29. The van der Waals surface area contributed by atoms with Gasteiger partial charge in [0.2, 0.25) is 0 Å². The van der Waals surface area contributed by atoms with Gasteiger partial charge in [0.05, 0.1) is 24.5 Å². The summed E-state index contributed by atoms with van der Waals surface area (Å²) in [7, 11) is 0. The summed E-state index contributed by atoms with van der Waals surface area (Å²) in [5.41, 5.74) is 0.973. The van der Waals surface area contributed by atoms with Crippen LogP contribution in [-0.4, -0.2) is 22.1 Å². The van der Waals surface area contributed by atoms with Gasteiger partial charge in [-0.05, 0) is 13.3 Å². The van der Waals surface area contributed by atoms with Gasteiger partial charge >= 0.3 is 5.97 Å². The molecular weight excluding hydrogens is 251 g/mol. The Bertz CT molecular complexity index is 316. The van der Waals surface area contributed by atoms with Crippen molar-refractivity contribution < 1.29 is 9.53 Å². The van der Waals surface area contributed by atoms with E-state index in [0.29, 0.717) is 18.9 Å². The zero-order valence-corrected chi connectivity index (χ0v) is 10.8. The zero-order chi connectivity index (χ0) is 11.1. The van der Waals surface area contributed by atoms with E-state index in [2.05, 4.69) is 4.98 Å². The highest BCUT2D eigenvalue weighted by molar-refractivity contribution is 6.16. The monoisotopic (exact) mass is 266 g/mol. The van der Waals surface area contributed by atoms with Crippen LogP contribution in [0.4, 0.5) is 0 Å². The molecule has 0 aliphatic rings. The van der Waals surface area contributed by atoms with Gasteiger partial charge in [-0.15, -0.1) is 24.0 Å². The fourth-order valence-electron chi connectivity index (χ4n) is 1.29. The fourth-order valence-corrected chi connectivity index (χ4v) is 1.51. The van der Waals surface area contributed by atoms with Gasteiger partial charge in [-0.1, -0.05) is 0 Å². The second-order valence-corrected chi connectivity index (χ2v) is 3.39. The van der Waals surface area contributed by atoms with Crippen LogP contribution in [0.2, 0.25) is 0 Å². The first-order chi connectivity index (χ1) is 7.27. The topological polar surface area (TPSA) is 44.1 Å². The molecule has 1 heterocycles. The van der Waals surface area contributed by atoms with Crippen LogP contribution in [0.15, 0.2) is 12.5 Å². The van der Waals surface area contributed by atoms with Crippen LogP contribution in [-0.2, 0) is 22.0 Å². The number of alkyl halides is 1. The Morgan fingerprint density at radius 2 is 2.38 bits per heavy atom. The molecule has 0 radical (unpaired) electrons. The average molecular weight is 267 g/mol. The minimum atomic E-state index is -0.148. The number of halogens is 2. The number of rotatable bonds is 6. The highest BCUT2D eigenvalue weighted by atomic mass is 35.5. The van der Waals surface area contributed by atoms with Gasteiger partial charge in [-0.3, -0.25) is 4.79 Å². The number of aromatic nitrogens is 2. The molecule has 0 aromatic carbocycles. The number of esters is 1. The van der Waals surface area contributed by atoms with Crippen molar-refractivity contribution in [1.29, 1.82) is 0 Å². The number of ether oxygens (including phenoxy) is 1. The smallest absolute Gasteiger partial charge is 0.305 e. The van der Waals surface area contributed by atoms with Gasteiger partial charge in [0.15, 0.2) is 0 Å². The number of hydrogen-bond donors (Lipinski definition) is 0. The largest absolute Gasteiger partial charge is 0.466 e. The van der Waals surface area contributed by atoms with Crippen molar-refractivity contribution in [3.8, 4) is 0 Å². The maximum absolute atomic E-state index is 11.1. The standard InChI is InChI=1S/C10H15ClN2O2.ClH/c1-2-15-10(14)4-3-5-13-8-12-7-9(13)6-11;/h7-8H,2-6H2,1H3;1H. The fraction of sp³-hybridized carbons (Fsp3) is 0.600. The van der Waals surface area contributed by atoms with Crippen LogP contribution < -0.4 is 0 Å². The van der Waals surface area contributed by atoms with Crippen molar-refractivity contribution in [3.05, 3.63) is 18.2 Å². The average Bonchev–Trinajstić information content (AvgIpc) is 2.66. The number of hydrogen-bond acceptors (Lipinski definition) is 3. The minimum absolute atomic E-state index is 0. The maximum atomic E-state index is 11.1. The van der Waals surface area contributed by atoms with Crippen LogP contribution in [0.5, 0.6) is 0 Å². The molecule has 6 heteroatoms. The van der Waals surface area contributed by atoms with E-state index in [-0.39, 0.29) is 18.4 Å². The summed E-state index contributed by atoms with van der Waals surface area (Å²) in [6.45, 7) is 3.00. The van der Waals surface area contributed by atoms with Crippen molar-refractivity contribution >= 4 is 30.0 Å². The summed E-state index contributed by atoms with van der Waals surface area (Å²) in [5, 5.41) is 0. The Labute approximate surface area is 106 Å². The minimum Gasteiger partial charge on any atom is -0.466 e. The lowest BCUT2D eigenvalue weighted by atomic mass is 10.3. The molecule has 4 nitrogen and oxygen atoms in total. The Kier molecular flexibility index (Phi) is 8.03. The molecule has 0 fully saturated rings. The molecule has 0 unspecified atom stereocenters. The number of nitrogens with zero attached hydrogens (tertiary/aromatic N) is 2. The maximum Gasteiger partial charge on any atom is 0.305 e.